The van der Waals surface area contributed by atoms with Crippen LogP contribution in [0.4, 0.5) is 0 Å². The molecule has 0 amide bonds. The predicted molar refractivity (Wildman–Crippen MR) is 70.0 cm³/mol. The van der Waals surface area contributed by atoms with Crippen molar-refractivity contribution < 1.29 is 18.9 Å². The molecule has 1 N–H and O–H groups in total. The number of hydrogen-bond acceptors (Lipinski definition) is 5. The third kappa shape index (κ3) is 7.28. The topological polar surface area (TPSA) is 49.0 Å². The van der Waals surface area contributed by atoms with Crippen LogP contribution in [-0.4, -0.2) is 65.4 Å². The lowest BCUT2D eigenvalue weighted by Gasteiger charge is -2.34. The zero-order valence-electron chi connectivity index (χ0n) is 11.7. The third-order valence-electron chi connectivity index (χ3n) is 3.04. The summed E-state index contributed by atoms with van der Waals surface area (Å²) in [4.78, 5) is 0. The number of ether oxygens (including phenoxy) is 4. The molecular formula is C13H27NO4. The van der Waals surface area contributed by atoms with E-state index in [1.807, 2.05) is 0 Å². The second-order valence-corrected chi connectivity index (χ2v) is 4.86. The molecule has 0 spiro atoms. The van der Waals surface area contributed by atoms with Gasteiger partial charge in [-0.1, -0.05) is 0 Å². The Hall–Kier alpha value is -0.200. The molecule has 0 aromatic carbocycles. The van der Waals surface area contributed by atoms with Crippen molar-refractivity contribution in [3.8, 4) is 0 Å². The van der Waals surface area contributed by atoms with Gasteiger partial charge in [-0.15, -0.1) is 0 Å². The second-order valence-electron chi connectivity index (χ2n) is 4.86. The van der Waals surface area contributed by atoms with Crippen LogP contribution in [0.15, 0.2) is 0 Å². The molecule has 0 saturated carbocycles. The first kappa shape index (κ1) is 15.9. The lowest BCUT2D eigenvalue weighted by Crippen LogP contribution is -2.50. The van der Waals surface area contributed by atoms with Crippen LogP contribution in [-0.2, 0) is 18.9 Å². The molecule has 0 bridgehead atoms. The Bertz CT molecular complexity index is 195. The minimum absolute atomic E-state index is 0.122. The first-order chi connectivity index (χ1) is 8.77. The minimum atomic E-state index is 0.122. The standard InChI is InChI=1S/C13H27NO4/c1-13(4-3-6-18-12-13)14-5-7-16-10-11-17-9-8-15-2/h14H,3-12H2,1-2H3. The van der Waals surface area contributed by atoms with Crippen molar-refractivity contribution in [2.75, 3.05) is 59.9 Å². The Balaban J connectivity index is 1.86. The van der Waals surface area contributed by atoms with Crippen LogP contribution >= 0.6 is 0 Å². The van der Waals surface area contributed by atoms with Gasteiger partial charge in [-0.2, -0.15) is 0 Å². The van der Waals surface area contributed by atoms with Crippen LogP contribution < -0.4 is 5.32 Å². The fourth-order valence-corrected chi connectivity index (χ4v) is 1.96. The summed E-state index contributed by atoms with van der Waals surface area (Å²) in [5.41, 5.74) is 0.122. The van der Waals surface area contributed by atoms with Crippen LogP contribution in [0.2, 0.25) is 0 Å². The van der Waals surface area contributed by atoms with E-state index in [1.165, 1.54) is 6.42 Å². The highest BCUT2D eigenvalue weighted by Crippen LogP contribution is 2.17. The molecule has 0 aliphatic carbocycles. The summed E-state index contributed by atoms with van der Waals surface area (Å²) >= 11 is 0. The Morgan fingerprint density at radius 3 is 2.50 bits per heavy atom. The molecule has 1 aliphatic rings. The molecule has 1 saturated heterocycles. The van der Waals surface area contributed by atoms with Gasteiger partial charge in [0.2, 0.25) is 0 Å². The minimum Gasteiger partial charge on any atom is -0.382 e. The Morgan fingerprint density at radius 2 is 1.83 bits per heavy atom. The lowest BCUT2D eigenvalue weighted by atomic mass is 9.95. The van der Waals surface area contributed by atoms with Gasteiger partial charge in [0.25, 0.3) is 0 Å². The van der Waals surface area contributed by atoms with Gasteiger partial charge in [0.05, 0.1) is 39.6 Å². The molecule has 0 radical (unpaired) electrons. The summed E-state index contributed by atoms with van der Waals surface area (Å²) in [7, 11) is 1.67. The highest BCUT2D eigenvalue weighted by molar-refractivity contribution is 4.84. The normalized spacial score (nSPS) is 24.3. The molecular weight excluding hydrogens is 234 g/mol. The van der Waals surface area contributed by atoms with E-state index >= 15 is 0 Å². The fourth-order valence-electron chi connectivity index (χ4n) is 1.96. The van der Waals surface area contributed by atoms with Crippen molar-refractivity contribution in [3.05, 3.63) is 0 Å². The van der Waals surface area contributed by atoms with E-state index in [4.69, 9.17) is 18.9 Å². The highest BCUT2D eigenvalue weighted by atomic mass is 16.5. The average molecular weight is 261 g/mol. The average Bonchev–Trinajstić information content (AvgIpc) is 2.38. The highest BCUT2D eigenvalue weighted by Gasteiger charge is 2.26. The van der Waals surface area contributed by atoms with Gasteiger partial charge >= 0.3 is 0 Å². The van der Waals surface area contributed by atoms with Crippen LogP contribution in [0.25, 0.3) is 0 Å². The van der Waals surface area contributed by atoms with E-state index < -0.39 is 0 Å². The SMILES string of the molecule is COCCOCCOCCNC1(C)CCCOC1. The summed E-state index contributed by atoms with van der Waals surface area (Å²) in [6.45, 7) is 8.01. The van der Waals surface area contributed by atoms with Crippen LogP contribution in [0.3, 0.4) is 0 Å². The smallest absolute Gasteiger partial charge is 0.0701 e. The zero-order valence-corrected chi connectivity index (χ0v) is 11.7. The summed E-state index contributed by atoms with van der Waals surface area (Å²) in [6, 6.07) is 0. The summed E-state index contributed by atoms with van der Waals surface area (Å²) < 4.78 is 21.1. The van der Waals surface area contributed by atoms with E-state index in [-0.39, 0.29) is 5.54 Å². The van der Waals surface area contributed by atoms with Gasteiger partial charge in [-0.3, -0.25) is 0 Å². The molecule has 1 fully saturated rings. The third-order valence-corrected chi connectivity index (χ3v) is 3.04. The van der Waals surface area contributed by atoms with Crippen molar-refractivity contribution in [1.29, 1.82) is 0 Å². The Kier molecular flexibility index (Phi) is 8.54. The molecule has 18 heavy (non-hydrogen) atoms. The Morgan fingerprint density at radius 1 is 1.11 bits per heavy atom. The van der Waals surface area contributed by atoms with Crippen LogP contribution in [0.5, 0.6) is 0 Å². The molecule has 1 atom stereocenters. The van der Waals surface area contributed by atoms with Crippen molar-refractivity contribution in [2.24, 2.45) is 0 Å². The van der Waals surface area contributed by atoms with Gasteiger partial charge < -0.3 is 24.3 Å². The van der Waals surface area contributed by atoms with E-state index in [2.05, 4.69) is 12.2 Å². The van der Waals surface area contributed by atoms with E-state index in [0.717, 1.165) is 26.2 Å². The molecule has 0 aromatic heterocycles. The number of nitrogens with one attached hydrogen (secondary N) is 1. The van der Waals surface area contributed by atoms with Crippen molar-refractivity contribution >= 4 is 0 Å². The predicted octanol–water partition coefficient (Wildman–Crippen LogP) is 0.825. The van der Waals surface area contributed by atoms with Gasteiger partial charge in [-0.05, 0) is 19.8 Å². The molecule has 5 nitrogen and oxygen atoms in total. The first-order valence-corrected chi connectivity index (χ1v) is 6.74. The van der Waals surface area contributed by atoms with Gasteiger partial charge in [-0.25, -0.2) is 0 Å². The van der Waals surface area contributed by atoms with Crippen LogP contribution in [0.1, 0.15) is 19.8 Å². The molecule has 108 valence electrons. The maximum Gasteiger partial charge on any atom is 0.0701 e. The molecule has 0 aromatic rings. The summed E-state index contributed by atoms with van der Waals surface area (Å²) in [5.74, 6) is 0. The van der Waals surface area contributed by atoms with E-state index in [9.17, 15) is 0 Å². The van der Waals surface area contributed by atoms with E-state index in [0.29, 0.717) is 33.0 Å². The first-order valence-electron chi connectivity index (χ1n) is 6.74. The van der Waals surface area contributed by atoms with Crippen molar-refractivity contribution in [2.45, 2.75) is 25.3 Å². The zero-order chi connectivity index (χ0) is 13.1. The molecule has 1 aliphatic heterocycles. The monoisotopic (exact) mass is 261 g/mol. The number of methoxy groups -OCH3 is 1. The molecule has 5 heteroatoms. The lowest BCUT2D eigenvalue weighted by molar-refractivity contribution is 0.0124. The van der Waals surface area contributed by atoms with E-state index in [1.54, 1.807) is 7.11 Å². The maximum atomic E-state index is 5.48. The molecule has 1 unspecified atom stereocenters. The largest absolute Gasteiger partial charge is 0.382 e. The molecule has 1 rings (SSSR count). The second kappa shape index (κ2) is 9.69. The van der Waals surface area contributed by atoms with Gasteiger partial charge in [0.15, 0.2) is 0 Å². The molecule has 1 heterocycles. The van der Waals surface area contributed by atoms with Crippen molar-refractivity contribution in [3.63, 3.8) is 0 Å². The number of hydrogen-bond donors (Lipinski definition) is 1. The Labute approximate surface area is 110 Å². The van der Waals surface area contributed by atoms with Gasteiger partial charge in [0.1, 0.15) is 0 Å². The maximum absolute atomic E-state index is 5.48. The van der Waals surface area contributed by atoms with Gasteiger partial charge in [0, 0.05) is 25.8 Å². The quantitative estimate of drug-likeness (QED) is 0.590. The van der Waals surface area contributed by atoms with Crippen LogP contribution in [0, 0.1) is 0 Å². The number of rotatable bonds is 10. The fraction of sp³-hybridized carbons (Fsp3) is 1.00. The van der Waals surface area contributed by atoms with Crippen molar-refractivity contribution in [1.82, 2.24) is 5.32 Å². The summed E-state index contributed by atoms with van der Waals surface area (Å²) in [5, 5.41) is 3.50. The summed E-state index contributed by atoms with van der Waals surface area (Å²) in [6.07, 6.45) is 2.31.